The van der Waals surface area contributed by atoms with Gasteiger partial charge in [-0.25, -0.2) is 0 Å². The number of amides is 2. The third-order valence-electron chi connectivity index (χ3n) is 4.93. The normalized spacial score (nSPS) is 10.7. The number of hydrogen-bond acceptors (Lipinski definition) is 7. The van der Waals surface area contributed by atoms with E-state index in [2.05, 4.69) is 20.8 Å². The lowest BCUT2D eigenvalue weighted by Gasteiger charge is -2.20. The maximum atomic E-state index is 12.9. The summed E-state index contributed by atoms with van der Waals surface area (Å²) in [5, 5.41) is 15.1. The van der Waals surface area contributed by atoms with Crippen LogP contribution in [0.2, 0.25) is 0 Å². The van der Waals surface area contributed by atoms with Gasteiger partial charge >= 0.3 is 0 Å². The highest BCUT2D eigenvalue weighted by atomic mass is 32.2. The monoisotopic (exact) mass is 462 g/mol. The summed E-state index contributed by atoms with van der Waals surface area (Å²) in [7, 11) is 1.64. The summed E-state index contributed by atoms with van der Waals surface area (Å²) in [5.74, 6) is 0.265. The summed E-state index contributed by atoms with van der Waals surface area (Å²) >= 11 is 1.23. The second kappa shape index (κ2) is 10.1. The van der Waals surface area contributed by atoms with Crippen molar-refractivity contribution in [3.8, 4) is 5.69 Å². The maximum absolute atomic E-state index is 12.9. The lowest BCUT2D eigenvalue weighted by molar-refractivity contribution is -0.115. The predicted molar refractivity (Wildman–Crippen MR) is 124 cm³/mol. The quantitative estimate of drug-likeness (QED) is 0.401. The topological polar surface area (TPSA) is 106 Å². The van der Waals surface area contributed by atoms with E-state index in [1.54, 1.807) is 54.4 Å². The van der Waals surface area contributed by atoms with E-state index in [4.69, 9.17) is 4.42 Å². The molecular formula is C23H22N6O3S. The number of tetrazole rings is 1. The Bertz CT molecular complexity index is 1240. The molecule has 0 saturated heterocycles. The largest absolute Gasteiger partial charge is 0.467 e. The van der Waals surface area contributed by atoms with Crippen molar-refractivity contribution in [1.29, 1.82) is 0 Å². The molecule has 0 fully saturated rings. The standard InChI is InChI=1S/C23H22N6O3S/c1-16-9-11-17(12-10-16)29-23(25-26-27-29)33-15-21(30)28(2)20-8-4-3-7-19(20)22(31)24-14-18-6-5-13-32-18/h3-13H,14-15H2,1-2H3,(H,24,31). The first-order valence-electron chi connectivity index (χ1n) is 10.2. The highest BCUT2D eigenvalue weighted by Crippen LogP contribution is 2.23. The molecule has 9 nitrogen and oxygen atoms in total. The van der Waals surface area contributed by atoms with Crippen molar-refractivity contribution in [3.05, 3.63) is 83.8 Å². The van der Waals surface area contributed by atoms with Crippen LogP contribution in [0.4, 0.5) is 5.69 Å². The zero-order chi connectivity index (χ0) is 23.2. The zero-order valence-corrected chi connectivity index (χ0v) is 19.0. The number of rotatable bonds is 8. The Kier molecular flexibility index (Phi) is 6.84. The number of aryl methyl sites for hydroxylation is 1. The average Bonchev–Trinajstić information content (AvgIpc) is 3.53. The molecule has 0 spiro atoms. The molecule has 4 rings (SSSR count). The Morgan fingerprint density at radius 2 is 1.88 bits per heavy atom. The average molecular weight is 463 g/mol. The minimum absolute atomic E-state index is 0.102. The first-order valence-corrected chi connectivity index (χ1v) is 11.2. The van der Waals surface area contributed by atoms with Crippen LogP contribution in [0.15, 0.2) is 76.5 Å². The van der Waals surface area contributed by atoms with E-state index in [-0.39, 0.29) is 24.1 Å². The number of carbonyl (C=O) groups excluding carboxylic acids is 2. The van der Waals surface area contributed by atoms with Gasteiger partial charge in [0.25, 0.3) is 5.91 Å². The number of nitrogens with zero attached hydrogens (tertiary/aromatic N) is 5. The second-order valence-corrected chi connectivity index (χ2v) is 8.17. The molecule has 1 N–H and O–H groups in total. The highest BCUT2D eigenvalue weighted by molar-refractivity contribution is 7.99. The number of para-hydroxylation sites is 1. The minimum atomic E-state index is -0.294. The van der Waals surface area contributed by atoms with Crippen molar-refractivity contribution in [3.63, 3.8) is 0 Å². The molecule has 0 unspecified atom stereocenters. The molecule has 2 aromatic carbocycles. The molecule has 0 aliphatic carbocycles. The SMILES string of the molecule is Cc1ccc(-n2nnnc2SCC(=O)N(C)c2ccccc2C(=O)NCc2ccco2)cc1. The Labute approximate surface area is 194 Å². The van der Waals surface area contributed by atoms with Crippen molar-refractivity contribution < 1.29 is 14.0 Å². The molecule has 10 heteroatoms. The third-order valence-corrected chi connectivity index (χ3v) is 5.84. The summed E-state index contributed by atoms with van der Waals surface area (Å²) < 4.78 is 6.84. The predicted octanol–water partition coefficient (Wildman–Crippen LogP) is 3.25. The summed E-state index contributed by atoms with van der Waals surface area (Å²) in [6.07, 6.45) is 1.55. The zero-order valence-electron chi connectivity index (χ0n) is 18.1. The molecule has 2 aromatic heterocycles. The number of aromatic nitrogens is 4. The molecule has 33 heavy (non-hydrogen) atoms. The van der Waals surface area contributed by atoms with Crippen molar-refractivity contribution in [1.82, 2.24) is 25.5 Å². The van der Waals surface area contributed by atoms with E-state index >= 15 is 0 Å². The first-order chi connectivity index (χ1) is 16.0. The summed E-state index contributed by atoms with van der Waals surface area (Å²) in [6.45, 7) is 2.26. The second-order valence-electron chi connectivity index (χ2n) is 7.23. The number of nitrogens with one attached hydrogen (secondary N) is 1. The Hall–Kier alpha value is -3.92. The fourth-order valence-electron chi connectivity index (χ4n) is 3.11. The number of furan rings is 1. The van der Waals surface area contributed by atoms with Crippen LogP contribution >= 0.6 is 11.8 Å². The molecular weight excluding hydrogens is 440 g/mol. The number of carbonyl (C=O) groups is 2. The maximum Gasteiger partial charge on any atom is 0.253 e. The minimum Gasteiger partial charge on any atom is -0.467 e. The van der Waals surface area contributed by atoms with Gasteiger partial charge in [-0.2, -0.15) is 4.68 Å². The van der Waals surface area contributed by atoms with Gasteiger partial charge in [0.2, 0.25) is 11.1 Å². The van der Waals surface area contributed by atoms with E-state index in [0.717, 1.165) is 11.3 Å². The Morgan fingerprint density at radius 3 is 2.64 bits per heavy atom. The molecule has 0 aliphatic heterocycles. The molecule has 4 aromatic rings. The lowest BCUT2D eigenvalue weighted by atomic mass is 10.1. The van der Waals surface area contributed by atoms with E-state index in [9.17, 15) is 9.59 Å². The third kappa shape index (κ3) is 5.29. The van der Waals surface area contributed by atoms with Gasteiger partial charge in [-0.1, -0.05) is 41.6 Å². The van der Waals surface area contributed by atoms with Gasteiger partial charge in [-0.15, -0.1) is 5.10 Å². The van der Waals surface area contributed by atoms with Crippen LogP contribution in [0.25, 0.3) is 5.69 Å². The smallest absolute Gasteiger partial charge is 0.253 e. The molecule has 0 radical (unpaired) electrons. The molecule has 168 valence electrons. The Morgan fingerprint density at radius 1 is 1.09 bits per heavy atom. The van der Waals surface area contributed by atoms with E-state index < -0.39 is 0 Å². The van der Waals surface area contributed by atoms with Crippen LogP contribution in [-0.4, -0.2) is 44.8 Å². The van der Waals surface area contributed by atoms with E-state index in [1.807, 2.05) is 31.2 Å². The van der Waals surface area contributed by atoms with E-state index in [0.29, 0.717) is 22.2 Å². The van der Waals surface area contributed by atoms with Gasteiger partial charge < -0.3 is 14.6 Å². The number of anilines is 1. The van der Waals surface area contributed by atoms with Crippen LogP contribution in [0.3, 0.4) is 0 Å². The Balaban J connectivity index is 1.42. The van der Waals surface area contributed by atoms with Gasteiger partial charge in [-0.05, 0) is 53.7 Å². The van der Waals surface area contributed by atoms with Crippen molar-refractivity contribution >= 4 is 29.3 Å². The fourth-order valence-corrected chi connectivity index (χ4v) is 3.91. The molecule has 2 heterocycles. The van der Waals surface area contributed by atoms with Crippen LogP contribution < -0.4 is 10.2 Å². The fraction of sp³-hybridized carbons (Fsp3) is 0.174. The van der Waals surface area contributed by atoms with Crippen LogP contribution in [-0.2, 0) is 11.3 Å². The van der Waals surface area contributed by atoms with Crippen molar-refractivity contribution in [2.75, 3.05) is 17.7 Å². The number of thioether (sulfide) groups is 1. The van der Waals surface area contributed by atoms with Gasteiger partial charge in [0.15, 0.2) is 0 Å². The van der Waals surface area contributed by atoms with Gasteiger partial charge in [0.1, 0.15) is 5.76 Å². The van der Waals surface area contributed by atoms with Crippen LogP contribution in [0.1, 0.15) is 21.7 Å². The summed E-state index contributed by atoms with van der Waals surface area (Å²) in [6, 6.07) is 18.3. The molecule has 2 amide bonds. The summed E-state index contributed by atoms with van der Waals surface area (Å²) in [5.41, 5.74) is 2.85. The van der Waals surface area contributed by atoms with Crippen molar-refractivity contribution in [2.45, 2.75) is 18.6 Å². The first kappa shape index (κ1) is 22.3. The van der Waals surface area contributed by atoms with Crippen LogP contribution in [0.5, 0.6) is 0 Å². The molecule has 0 atom stereocenters. The van der Waals surface area contributed by atoms with Gasteiger partial charge in [0.05, 0.1) is 35.5 Å². The van der Waals surface area contributed by atoms with E-state index in [1.165, 1.54) is 16.7 Å². The molecule has 0 bridgehead atoms. The number of hydrogen-bond donors (Lipinski definition) is 1. The highest BCUT2D eigenvalue weighted by Gasteiger charge is 2.20. The van der Waals surface area contributed by atoms with Crippen LogP contribution in [0, 0.1) is 6.92 Å². The van der Waals surface area contributed by atoms with Gasteiger partial charge in [-0.3, -0.25) is 9.59 Å². The summed E-state index contributed by atoms with van der Waals surface area (Å²) in [4.78, 5) is 27.1. The van der Waals surface area contributed by atoms with Gasteiger partial charge in [0, 0.05) is 7.05 Å². The van der Waals surface area contributed by atoms with Crippen molar-refractivity contribution in [2.24, 2.45) is 0 Å². The number of benzene rings is 2. The lowest BCUT2D eigenvalue weighted by Crippen LogP contribution is -2.31. The molecule has 0 aliphatic rings. The molecule has 0 saturated carbocycles.